The van der Waals surface area contributed by atoms with Crippen LogP contribution in [0, 0.1) is 6.92 Å². The van der Waals surface area contributed by atoms with Gasteiger partial charge in [-0.15, -0.1) is 0 Å². The Labute approximate surface area is 212 Å². The fourth-order valence-electron chi connectivity index (χ4n) is 4.04. The van der Waals surface area contributed by atoms with Gasteiger partial charge < -0.3 is 21.5 Å². The van der Waals surface area contributed by atoms with Gasteiger partial charge in [0.05, 0.1) is 28.7 Å². The average molecular weight is 487 g/mol. The monoisotopic (exact) mass is 486 g/mol. The molecule has 2 heterocycles. The lowest BCUT2D eigenvalue weighted by molar-refractivity contribution is -0.129. The van der Waals surface area contributed by atoms with Crippen molar-refractivity contribution in [2.45, 2.75) is 39.0 Å². The molecule has 1 saturated heterocycles. The number of rotatable bonds is 8. The second-order valence-electron chi connectivity index (χ2n) is 8.94. The van der Waals surface area contributed by atoms with Crippen molar-refractivity contribution in [3.05, 3.63) is 90.2 Å². The topological polar surface area (TPSA) is 129 Å². The first kappa shape index (κ1) is 26.6. The first-order valence-corrected chi connectivity index (χ1v) is 11.8. The number of amides is 1. The summed E-state index contributed by atoms with van der Waals surface area (Å²) >= 11 is 0. The van der Waals surface area contributed by atoms with E-state index in [9.17, 15) is 4.79 Å². The number of nitrogens with two attached hydrogens (primary N) is 2. The van der Waals surface area contributed by atoms with E-state index in [0.29, 0.717) is 54.5 Å². The summed E-state index contributed by atoms with van der Waals surface area (Å²) in [5.41, 5.74) is 16.5. The molecular weight excluding hydrogens is 452 g/mol. The van der Waals surface area contributed by atoms with Crippen LogP contribution in [0.2, 0.25) is 0 Å². The molecule has 36 heavy (non-hydrogen) atoms. The molecule has 8 heteroatoms. The summed E-state index contributed by atoms with van der Waals surface area (Å²) in [6, 6.07) is 7.84. The van der Waals surface area contributed by atoms with Crippen molar-refractivity contribution in [1.29, 1.82) is 0 Å². The summed E-state index contributed by atoms with van der Waals surface area (Å²) in [5, 5.41) is 2.96. The molecule has 1 aromatic carbocycles. The van der Waals surface area contributed by atoms with Crippen LogP contribution >= 0.6 is 0 Å². The fraction of sp³-hybridized carbons (Fsp3) is 0.286. The van der Waals surface area contributed by atoms with E-state index in [0.717, 1.165) is 22.5 Å². The highest BCUT2D eigenvalue weighted by Gasteiger charge is 2.41. The minimum absolute atomic E-state index is 0.129. The third-order valence-electron chi connectivity index (χ3n) is 6.11. The number of anilines is 1. The van der Waals surface area contributed by atoms with Crippen molar-refractivity contribution < 1.29 is 9.53 Å². The maximum atomic E-state index is 13.6. The van der Waals surface area contributed by atoms with Crippen LogP contribution in [0.3, 0.4) is 0 Å². The lowest BCUT2D eigenvalue weighted by Gasteiger charge is -2.36. The highest BCUT2D eigenvalue weighted by atomic mass is 16.5. The minimum Gasteiger partial charge on any atom is -0.404 e. The first-order chi connectivity index (χ1) is 17.2. The van der Waals surface area contributed by atoms with E-state index < -0.39 is 5.41 Å². The van der Waals surface area contributed by atoms with Crippen LogP contribution in [0.1, 0.15) is 37.9 Å². The molecule has 0 spiro atoms. The van der Waals surface area contributed by atoms with Crippen LogP contribution in [-0.2, 0) is 14.9 Å². The van der Waals surface area contributed by atoms with Gasteiger partial charge in [-0.1, -0.05) is 37.4 Å². The molecule has 1 amide bonds. The van der Waals surface area contributed by atoms with Gasteiger partial charge in [-0.2, -0.15) is 0 Å². The molecular formula is C28H34N6O2. The number of carbonyl (C=O) groups is 1. The molecule has 5 N–H and O–H groups in total. The number of nitrogens with one attached hydrogen (secondary N) is 1. The Morgan fingerprint density at radius 2 is 1.83 bits per heavy atom. The maximum absolute atomic E-state index is 13.6. The summed E-state index contributed by atoms with van der Waals surface area (Å²) in [5.74, 6) is 0.282. The van der Waals surface area contributed by atoms with E-state index in [4.69, 9.17) is 16.2 Å². The average Bonchev–Trinajstić information content (AvgIpc) is 2.86. The summed E-state index contributed by atoms with van der Waals surface area (Å²) in [6.45, 7) is 14.5. The number of aryl methyl sites for hydroxylation is 1. The number of allylic oxidation sites excluding steroid dienone is 2. The van der Waals surface area contributed by atoms with Gasteiger partial charge in [0.25, 0.3) is 0 Å². The third-order valence-corrected chi connectivity index (χ3v) is 6.11. The Bertz CT molecular complexity index is 1230. The fourth-order valence-corrected chi connectivity index (χ4v) is 4.04. The number of aliphatic imine (C=N–C) groups is 1. The van der Waals surface area contributed by atoms with Crippen LogP contribution in [0.4, 0.5) is 5.82 Å². The molecule has 2 aromatic rings. The molecule has 0 bridgehead atoms. The van der Waals surface area contributed by atoms with Crippen molar-refractivity contribution in [1.82, 2.24) is 15.3 Å². The third kappa shape index (κ3) is 6.14. The van der Waals surface area contributed by atoms with Crippen molar-refractivity contribution >= 4 is 17.4 Å². The number of benzene rings is 1. The Morgan fingerprint density at radius 3 is 2.42 bits per heavy atom. The molecule has 8 nitrogen and oxygen atoms in total. The Morgan fingerprint density at radius 1 is 1.17 bits per heavy atom. The summed E-state index contributed by atoms with van der Waals surface area (Å²) < 4.78 is 5.58. The van der Waals surface area contributed by atoms with E-state index in [1.165, 1.54) is 6.20 Å². The number of nitrogens with zero attached hydrogens (tertiary/aromatic N) is 3. The van der Waals surface area contributed by atoms with Crippen LogP contribution in [0.15, 0.2) is 83.9 Å². The van der Waals surface area contributed by atoms with Gasteiger partial charge >= 0.3 is 0 Å². The smallest absolute Gasteiger partial charge is 0.235 e. The maximum Gasteiger partial charge on any atom is 0.235 e. The van der Waals surface area contributed by atoms with E-state index in [1.807, 2.05) is 45.0 Å². The quantitative estimate of drug-likeness (QED) is 0.381. The number of hydrogen-bond donors (Lipinski definition) is 3. The lowest BCUT2D eigenvalue weighted by Crippen LogP contribution is -2.47. The lowest BCUT2D eigenvalue weighted by atomic mass is 9.73. The normalized spacial score (nSPS) is 15.4. The largest absolute Gasteiger partial charge is 0.404 e. The summed E-state index contributed by atoms with van der Waals surface area (Å²) in [6.07, 6.45) is 7.63. The summed E-state index contributed by atoms with van der Waals surface area (Å²) in [7, 11) is 0. The predicted octanol–water partition coefficient (Wildman–Crippen LogP) is 4.11. The molecule has 1 aliphatic rings. The molecule has 1 aromatic heterocycles. The Hall–Kier alpha value is -4.04. The second-order valence-corrected chi connectivity index (χ2v) is 8.94. The van der Waals surface area contributed by atoms with Gasteiger partial charge in [0.2, 0.25) is 5.91 Å². The Balaban J connectivity index is 1.81. The predicted molar refractivity (Wildman–Crippen MR) is 145 cm³/mol. The molecule has 0 saturated carbocycles. The Kier molecular flexibility index (Phi) is 8.55. The number of nitrogen functional groups attached to an aromatic ring is 1. The first-order valence-electron chi connectivity index (χ1n) is 11.8. The number of ether oxygens (including phenoxy) is 1. The van der Waals surface area contributed by atoms with Crippen LogP contribution in [-0.4, -0.2) is 34.8 Å². The molecule has 0 aliphatic carbocycles. The summed E-state index contributed by atoms with van der Waals surface area (Å²) in [4.78, 5) is 26.6. The zero-order chi connectivity index (χ0) is 26.3. The van der Waals surface area contributed by atoms with Crippen LogP contribution in [0.5, 0.6) is 0 Å². The van der Waals surface area contributed by atoms with Gasteiger partial charge in [0, 0.05) is 42.0 Å². The van der Waals surface area contributed by atoms with Gasteiger partial charge in [0.15, 0.2) is 0 Å². The van der Waals surface area contributed by atoms with Gasteiger partial charge in [0.1, 0.15) is 5.82 Å². The molecule has 3 rings (SSSR count). The molecule has 0 radical (unpaired) electrons. The van der Waals surface area contributed by atoms with E-state index >= 15 is 0 Å². The minimum atomic E-state index is -0.740. The molecule has 0 unspecified atom stereocenters. The molecule has 188 valence electrons. The van der Waals surface area contributed by atoms with Crippen molar-refractivity contribution in [2.24, 2.45) is 10.7 Å². The van der Waals surface area contributed by atoms with Crippen LogP contribution in [0.25, 0.3) is 11.3 Å². The highest BCUT2D eigenvalue weighted by molar-refractivity contribution is 5.90. The second kappa shape index (κ2) is 11.6. The molecule has 1 fully saturated rings. The molecule has 0 atom stereocenters. The SMILES string of the molecule is C=C(/C=C\C(=C/N)C(=C)N=C(C)C)NC(=O)C1(c2ccc(-c3cnc(N)c(C)n3)cc2)CCOCC1. The van der Waals surface area contributed by atoms with Crippen molar-refractivity contribution in [2.75, 3.05) is 18.9 Å². The van der Waals surface area contributed by atoms with Crippen molar-refractivity contribution in [3.8, 4) is 11.3 Å². The number of hydrogen-bond acceptors (Lipinski definition) is 7. The zero-order valence-electron chi connectivity index (χ0n) is 21.2. The van der Waals surface area contributed by atoms with Crippen molar-refractivity contribution in [3.63, 3.8) is 0 Å². The van der Waals surface area contributed by atoms with Gasteiger partial charge in [-0.3, -0.25) is 9.79 Å². The molecule has 1 aliphatic heterocycles. The number of aromatic nitrogens is 2. The van der Waals surface area contributed by atoms with E-state index in [2.05, 4.69) is 33.4 Å². The van der Waals surface area contributed by atoms with E-state index in [-0.39, 0.29) is 5.91 Å². The zero-order valence-corrected chi connectivity index (χ0v) is 21.2. The highest BCUT2D eigenvalue weighted by Crippen LogP contribution is 2.36. The van der Waals surface area contributed by atoms with Gasteiger partial charge in [-0.25, -0.2) is 9.97 Å². The van der Waals surface area contributed by atoms with Gasteiger partial charge in [-0.05, 0) is 51.3 Å². The van der Waals surface area contributed by atoms with E-state index in [1.54, 1.807) is 18.3 Å². The standard InChI is InChI=1S/C28H34N6O2/c1-18(2)32-20(4)23(16-29)7-6-19(3)33-27(35)28(12-14-36-15-13-28)24-10-8-22(9-11-24)25-17-31-26(30)21(5)34-25/h6-11,16-17H,3-4,12-15,29H2,1-2,5H3,(H2,30,31)(H,33,35)/b7-6-,23-16+. The number of carbonyl (C=O) groups excluding carboxylic acids is 1. The van der Waals surface area contributed by atoms with Crippen LogP contribution < -0.4 is 16.8 Å².